The van der Waals surface area contributed by atoms with Crippen LogP contribution in [0.3, 0.4) is 0 Å². The number of halogens is 1. The molecule has 0 bridgehead atoms. The van der Waals surface area contributed by atoms with Gasteiger partial charge in [-0.05, 0) is 6.42 Å². The molecule has 1 rings (SSSR count). The van der Waals surface area contributed by atoms with Crippen LogP contribution in [-0.2, 0) is 20.4 Å². The number of rotatable bonds is 6. The molecule has 0 atom stereocenters. The van der Waals surface area contributed by atoms with Gasteiger partial charge in [0.05, 0.1) is 0 Å². The number of imidazole rings is 1. The van der Waals surface area contributed by atoms with E-state index >= 15 is 0 Å². The second-order valence-electron chi connectivity index (χ2n) is 4.50. The molecule has 0 aliphatic carbocycles. The average molecular weight is 308 g/mol. The van der Waals surface area contributed by atoms with Crippen LogP contribution in [0.2, 0.25) is 0 Å². The Balaban J connectivity index is 2.87. The minimum absolute atomic E-state index is 0.0450. The lowest BCUT2D eigenvalue weighted by Gasteiger charge is -2.09. The molecule has 0 radical (unpaired) electrons. The Kier molecular flexibility index (Phi) is 5.37. The van der Waals surface area contributed by atoms with Gasteiger partial charge < -0.3 is 9.88 Å². The standard InChI is InChI=1S/C11H18ClN3O3S/c1-8(2)11-14-10(19(12,17)18)7-15(11)6-4-5-9(16)13-3/h7-8H,4-6H2,1-3H3,(H,13,16). The average Bonchev–Trinajstić information content (AvgIpc) is 2.72. The minimum Gasteiger partial charge on any atom is -0.359 e. The highest BCUT2D eigenvalue weighted by Crippen LogP contribution is 2.20. The summed E-state index contributed by atoms with van der Waals surface area (Å²) in [5.41, 5.74) is 0. The van der Waals surface area contributed by atoms with E-state index in [1.807, 2.05) is 13.8 Å². The zero-order valence-corrected chi connectivity index (χ0v) is 12.8. The molecule has 0 spiro atoms. The van der Waals surface area contributed by atoms with E-state index in [1.165, 1.54) is 6.20 Å². The molecule has 0 aliphatic heterocycles. The molecule has 0 saturated heterocycles. The third-order valence-electron chi connectivity index (χ3n) is 2.63. The molecule has 0 aliphatic rings. The summed E-state index contributed by atoms with van der Waals surface area (Å²) in [5.74, 6) is 0.680. The smallest absolute Gasteiger partial charge is 0.280 e. The van der Waals surface area contributed by atoms with Gasteiger partial charge in [0.25, 0.3) is 9.05 Å². The molecule has 6 nitrogen and oxygen atoms in total. The van der Waals surface area contributed by atoms with E-state index in [1.54, 1.807) is 11.6 Å². The van der Waals surface area contributed by atoms with E-state index in [2.05, 4.69) is 10.3 Å². The lowest BCUT2D eigenvalue weighted by Crippen LogP contribution is -2.18. The normalized spacial score (nSPS) is 11.8. The number of hydrogen-bond acceptors (Lipinski definition) is 4. The summed E-state index contributed by atoms with van der Waals surface area (Å²) in [4.78, 5) is 15.2. The van der Waals surface area contributed by atoms with E-state index in [0.717, 1.165) is 0 Å². The minimum atomic E-state index is -3.82. The van der Waals surface area contributed by atoms with Gasteiger partial charge in [-0.1, -0.05) is 13.8 Å². The van der Waals surface area contributed by atoms with Crippen LogP contribution in [0.4, 0.5) is 0 Å². The molecule has 0 unspecified atom stereocenters. The van der Waals surface area contributed by atoms with Crippen LogP contribution in [0.1, 0.15) is 38.4 Å². The van der Waals surface area contributed by atoms with Gasteiger partial charge in [-0.2, -0.15) is 0 Å². The van der Waals surface area contributed by atoms with Crippen LogP contribution < -0.4 is 5.32 Å². The van der Waals surface area contributed by atoms with E-state index in [-0.39, 0.29) is 16.9 Å². The zero-order valence-electron chi connectivity index (χ0n) is 11.2. The van der Waals surface area contributed by atoms with Crippen molar-refractivity contribution in [1.29, 1.82) is 0 Å². The molecule has 1 N–H and O–H groups in total. The highest BCUT2D eigenvalue weighted by atomic mass is 35.7. The van der Waals surface area contributed by atoms with E-state index in [0.29, 0.717) is 25.2 Å². The second kappa shape index (κ2) is 6.38. The van der Waals surface area contributed by atoms with Gasteiger partial charge in [-0.25, -0.2) is 13.4 Å². The molecular formula is C11H18ClN3O3S. The number of carbonyl (C=O) groups excluding carboxylic acids is 1. The fourth-order valence-corrected chi connectivity index (χ4v) is 2.38. The first kappa shape index (κ1) is 16.0. The van der Waals surface area contributed by atoms with Gasteiger partial charge in [-0.15, -0.1) is 0 Å². The SMILES string of the molecule is CNC(=O)CCCn1cc(S(=O)(=O)Cl)nc1C(C)C. The summed E-state index contributed by atoms with van der Waals surface area (Å²) < 4.78 is 24.3. The molecule has 1 aromatic rings. The monoisotopic (exact) mass is 307 g/mol. The summed E-state index contributed by atoms with van der Waals surface area (Å²) in [6.45, 7) is 4.37. The summed E-state index contributed by atoms with van der Waals surface area (Å²) in [5, 5.41) is 2.40. The number of amides is 1. The molecule has 1 heterocycles. The molecule has 8 heteroatoms. The van der Waals surface area contributed by atoms with Crippen molar-refractivity contribution >= 4 is 25.6 Å². The van der Waals surface area contributed by atoms with Crippen molar-refractivity contribution in [1.82, 2.24) is 14.9 Å². The predicted molar refractivity (Wildman–Crippen MR) is 72.7 cm³/mol. The topological polar surface area (TPSA) is 81.1 Å². The van der Waals surface area contributed by atoms with Crippen molar-refractivity contribution in [3.8, 4) is 0 Å². The van der Waals surface area contributed by atoms with Crippen LogP contribution in [-0.4, -0.2) is 30.9 Å². The number of aryl methyl sites for hydroxylation is 1. The van der Waals surface area contributed by atoms with Gasteiger partial charge in [0.15, 0.2) is 5.03 Å². The first-order valence-corrected chi connectivity index (χ1v) is 8.29. The maximum absolute atomic E-state index is 11.3. The van der Waals surface area contributed by atoms with Crippen molar-refractivity contribution in [3.05, 3.63) is 12.0 Å². The largest absolute Gasteiger partial charge is 0.359 e. The lowest BCUT2D eigenvalue weighted by atomic mass is 10.2. The summed E-state index contributed by atoms with van der Waals surface area (Å²) >= 11 is 0. The second-order valence-corrected chi connectivity index (χ2v) is 7.01. The first-order valence-electron chi connectivity index (χ1n) is 5.98. The number of nitrogens with one attached hydrogen (secondary N) is 1. The van der Waals surface area contributed by atoms with Crippen LogP contribution in [0.5, 0.6) is 0 Å². The Bertz CT molecular complexity index is 552. The fraction of sp³-hybridized carbons (Fsp3) is 0.636. The third-order valence-corrected chi connectivity index (χ3v) is 3.80. The third kappa shape index (κ3) is 4.50. The van der Waals surface area contributed by atoms with Crippen molar-refractivity contribution in [2.75, 3.05) is 7.05 Å². The van der Waals surface area contributed by atoms with Crippen molar-refractivity contribution in [2.24, 2.45) is 0 Å². The van der Waals surface area contributed by atoms with E-state index in [9.17, 15) is 13.2 Å². The van der Waals surface area contributed by atoms with Crippen LogP contribution in [0, 0.1) is 0 Å². The Hall–Kier alpha value is -1.08. The Labute approximate surface area is 117 Å². The van der Waals surface area contributed by atoms with Crippen molar-refractivity contribution < 1.29 is 13.2 Å². The Morgan fingerprint density at radius 1 is 1.53 bits per heavy atom. The van der Waals surface area contributed by atoms with Gasteiger partial charge in [-0.3, -0.25) is 4.79 Å². The molecule has 0 fully saturated rings. The summed E-state index contributed by atoms with van der Waals surface area (Å²) in [6.07, 6.45) is 2.41. The molecule has 1 amide bonds. The molecular weight excluding hydrogens is 290 g/mol. The van der Waals surface area contributed by atoms with Gasteiger partial charge in [0, 0.05) is 42.8 Å². The fourth-order valence-electron chi connectivity index (χ4n) is 1.70. The molecule has 108 valence electrons. The highest BCUT2D eigenvalue weighted by Gasteiger charge is 2.19. The maximum Gasteiger partial charge on any atom is 0.280 e. The summed E-state index contributed by atoms with van der Waals surface area (Å²) in [7, 11) is 3.05. The van der Waals surface area contributed by atoms with Crippen LogP contribution in [0.25, 0.3) is 0 Å². The number of hydrogen-bond donors (Lipinski definition) is 1. The summed E-state index contributed by atoms with van der Waals surface area (Å²) in [6, 6.07) is 0. The highest BCUT2D eigenvalue weighted by molar-refractivity contribution is 8.13. The maximum atomic E-state index is 11.3. The van der Waals surface area contributed by atoms with E-state index < -0.39 is 9.05 Å². The van der Waals surface area contributed by atoms with Gasteiger partial charge >= 0.3 is 0 Å². The van der Waals surface area contributed by atoms with Crippen molar-refractivity contribution in [2.45, 2.75) is 44.2 Å². The number of nitrogens with zero attached hydrogens (tertiary/aromatic N) is 2. The number of carbonyl (C=O) groups is 1. The molecule has 0 aromatic carbocycles. The molecule has 1 aromatic heterocycles. The molecule has 0 saturated carbocycles. The Morgan fingerprint density at radius 3 is 2.63 bits per heavy atom. The van der Waals surface area contributed by atoms with Gasteiger partial charge in [0.2, 0.25) is 5.91 Å². The van der Waals surface area contributed by atoms with E-state index in [4.69, 9.17) is 10.7 Å². The van der Waals surface area contributed by atoms with Crippen LogP contribution >= 0.6 is 10.7 Å². The lowest BCUT2D eigenvalue weighted by molar-refractivity contribution is -0.120. The first-order chi connectivity index (χ1) is 8.75. The molecule has 19 heavy (non-hydrogen) atoms. The number of aromatic nitrogens is 2. The van der Waals surface area contributed by atoms with Crippen LogP contribution in [0.15, 0.2) is 11.2 Å². The quantitative estimate of drug-likeness (QED) is 0.807. The van der Waals surface area contributed by atoms with Crippen molar-refractivity contribution in [3.63, 3.8) is 0 Å². The predicted octanol–water partition coefficient (Wildman–Crippen LogP) is 1.46. The zero-order chi connectivity index (χ0) is 14.6. The Morgan fingerprint density at radius 2 is 2.16 bits per heavy atom. The van der Waals surface area contributed by atoms with Gasteiger partial charge in [0.1, 0.15) is 5.82 Å².